The molecule has 1 aliphatic rings. The molecule has 0 radical (unpaired) electrons. The van der Waals surface area contributed by atoms with Crippen LogP contribution in [0.2, 0.25) is 0 Å². The summed E-state index contributed by atoms with van der Waals surface area (Å²) in [5.74, 6) is 0. The van der Waals surface area contributed by atoms with E-state index >= 15 is 0 Å². The monoisotopic (exact) mass is 391 g/mol. The van der Waals surface area contributed by atoms with Gasteiger partial charge in [-0.05, 0) is 32.2 Å². The highest BCUT2D eigenvalue weighted by molar-refractivity contribution is 5.98. The van der Waals surface area contributed by atoms with Crippen molar-refractivity contribution in [2.24, 2.45) is 0 Å². The zero-order valence-electron chi connectivity index (χ0n) is 17.2. The molecule has 0 saturated carbocycles. The summed E-state index contributed by atoms with van der Waals surface area (Å²) in [6, 6.07) is 17.7. The van der Waals surface area contributed by atoms with Crippen molar-refractivity contribution in [1.29, 1.82) is 0 Å². The Labute approximate surface area is 172 Å². The molecule has 29 heavy (non-hydrogen) atoms. The first kappa shape index (κ1) is 21.1. The van der Waals surface area contributed by atoms with Gasteiger partial charge in [0.15, 0.2) is 6.29 Å². The van der Waals surface area contributed by atoms with E-state index < -0.39 is 0 Å². The summed E-state index contributed by atoms with van der Waals surface area (Å²) >= 11 is 0. The van der Waals surface area contributed by atoms with Gasteiger partial charge in [-0.15, -0.1) is 0 Å². The molecular weight excluding hydrogens is 362 g/mol. The molecule has 0 spiro atoms. The number of rotatable bonds is 5. The normalized spacial score (nSPS) is 14.3. The van der Waals surface area contributed by atoms with E-state index in [4.69, 9.17) is 4.74 Å². The maximum atomic E-state index is 11.3. The quantitative estimate of drug-likeness (QED) is 0.674. The molecule has 1 saturated heterocycles. The summed E-state index contributed by atoms with van der Waals surface area (Å²) in [7, 11) is 1.99. The van der Waals surface area contributed by atoms with Crippen molar-refractivity contribution < 1.29 is 9.53 Å². The van der Waals surface area contributed by atoms with E-state index in [0.29, 0.717) is 5.56 Å². The predicted molar refractivity (Wildman–Crippen MR) is 118 cm³/mol. The van der Waals surface area contributed by atoms with Gasteiger partial charge < -0.3 is 10.1 Å². The van der Waals surface area contributed by atoms with Gasteiger partial charge in [0.05, 0.1) is 24.4 Å². The summed E-state index contributed by atoms with van der Waals surface area (Å²) < 4.78 is 5.22. The number of carbonyl (C=O) groups excluding carboxylic acids is 1. The molecule has 0 atom stereocenters. The molecule has 4 rings (SSSR count). The van der Waals surface area contributed by atoms with E-state index in [0.717, 1.165) is 73.4 Å². The van der Waals surface area contributed by atoms with E-state index in [1.165, 1.54) is 0 Å². The van der Waals surface area contributed by atoms with Crippen LogP contribution in [-0.4, -0.2) is 62.6 Å². The topological polar surface area (TPSA) is 54.5 Å². The van der Waals surface area contributed by atoms with Gasteiger partial charge in [0.25, 0.3) is 0 Å². The van der Waals surface area contributed by atoms with Gasteiger partial charge in [-0.25, -0.2) is 4.98 Å². The number of carbonyl (C=O) groups is 1. The molecule has 0 bridgehead atoms. The average molecular weight is 392 g/mol. The van der Waals surface area contributed by atoms with Crippen molar-refractivity contribution in [2.75, 3.05) is 46.4 Å². The lowest BCUT2D eigenvalue weighted by Crippen LogP contribution is -2.39. The van der Waals surface area contributed by atoms with Crippen molar-refractivity contribution >= 4 is 17.2 Å². The van der Waals surface area contributed by atoms with Crippen molar-refractivity contribution in [3.05, 3.63) is 65.7 Å². The van der Waals surface area contributed by atoms with Crippen LogP contribution in [0, 0.1) is 6.92 Å². The number of pyridine rings is 1. The third-order valence-electron chi connectivity index (χ3n) is 4.97. The zero-order chi connectivity index (χ0) is 20.5. The van der Waals surface area contributed by atoms with Gasteiger partial charge >= 0.3 is 0 Å². The second-order valence-electron chi connectivity index (χ2n) is 7.16. The van der Waals surface area contributed by atoms with E-state index in [9.17, 15) is 4.79 Å². The first-order valence-electron chi connectivity index (χ1n) is 10.1. The fraction of sp³-hybridized carbons (Fsp3) is 0.333. The number of likely N-dealkylation sites (N-methyl/N-ethyl adjacent to an activating group) is 1. The molecule has 1 aromatic heterocycles. The van der Waals surface area contributed by atoms with Crippen LogP contribution in [0.5, 0.6) is 0 Å². The Hall–Kier alpha value is -2.60. The van der Waals surface area contributed by atoms with E-state index in [1.807, 2.05) is 68.6 Å². The molecule has 5 nitrogen and oxygen atoms in total. The van der Waals surface area contributed by atoms with Crippen LogP contribution in [0.3, 0.4) is 0 Å². The van der Waals surface area contributed by atoms with Gasteiger partial charge in [0.1, 0.15) is 0 Å². The number of morpholine rings is 1. The summed E-state index contributed by atoms with van der Waals surface area (Å²) in [5, 5.41) is 4.04. The summed E-state index contributed by atoms with van der Waals surface area (Å²) in [4.78, 5) is 18.3. The second kappa shape index (κ2) is 10.8. The SMILES string of the molecule is CNCCN1CCOCC1.Cc1ccc2nc(-c3ccccc3)cc(C=O)c2c1. The molecule has 2 aromatic carbocycles. The third-order valence-corrected chi connectivity index (χ3v) is 4.97. The number of aryl methyl sites for hydroxylation is 1. The molecule has 0 unspecified atom stereocenters. The van der Waals surface area contributed by atoms with Crippen LogP contribution in [0.15, 0.2) is 54.6 Å². The van der Waals surface area contributed by atoms with Crippen molar-refractivity contribution in [3.8, 4) is 11.3 Å². The zero-order valence-corrected chi connectivity index (χ0v) is 17.2. The molecule has 1 fully saturated rings. The Morgan fingerprint density at radius 2 is 1.86 bits per heavy atom. The average Bonchev–Trinajstić information content (AvgIpc) is 2.78. The highest BCUT2D eigenvalue weighted by Crippen LogP contribution is 2.24. The number of fused-ring (bicyclic) bond motifs is 1. The Morgan fingerprint density at radius 3 is 2.55 bits per heavy atom. The highest BCUT2D eigenvalue weighted by Gasteiger charge is 2.08. The van der Waals surface area contributed by atoms with E-state index in [-0.39, 0.29) is 0 Å². The van der Waals surface area contributed by atoms with Crippen LogP contribution in [0.4, 0.5) is 0 Å². The molecule has 152 valence electrons. The lowest BCUT2D eigenvalue weighted by atomic mass is 10.0. The fourth-order valence-corrected chi connectivity index (χ4v) is 3.31. The van der Waals surface area contributed by atoms with Crippen LogP contribution >= 0.6 is 0 Å². The van der Waals surface area contributed by atoms with Crippen LogP contribution in [-0.2, 0) is 4.74 Å². The molecule has 3 aromatic rings. The van der Waals surface area contributed by atoms with Crippen LogP contribution < -0.4 is 5.32 Å². The van der Waals surface area contributed by atoms with Gasteiger partial charge in [-0.3, -0.25) is 9.69 Å². The molecule has 0 aliphatic carbocycles. The lowest BCUT2D eigenvalue weighted by Gasteiger charge is -2.26. The molecule has 1 N–H and O–H groups in total. The number of benzene rings is 2. The number of hydrogen-bond acceptors (Lipinski definition) is 5. The minimum atomic E-state index is 0.688. The van der Waals surface area contributed by atoms with Crippen LogP contribution in [0.25, 0.3) is 22.2 Å². The van der Waals surface area contributed by atoms with Gasteiger partial charge in [0.2, 0.25) is 0 Å². The molecule has 1 aliphatic heterocycles. The van der Waals surface area contributed by atoms with Gasteiger partial charge in [0, 0.05) is 42.7 Å². The number of aldehydes is 1. The Bertz CT molecular complexity index is 922. The second-order valence-corrected chi connectivity index (χ2v) is 7.16. The van der Waals surface area contributed by atoms with Gasteiger partial charge in [-0.1, -0.05) is 42.0 Å². The Balaban J connectivity index is 0.000000204. The third kappa shape index (κ3) is 5.94. The number of nitrogens with one attached hydrogen (secondary N) is 1. The summed E-state index contributed by atoms with van der Waals surface area (Å²) in [5.41, 5.74) is 4.53. The minimum Gasteiger partial charge on any atom is -0.379 e. The van der Waals surface area contributed by atoms with Crippen molar-refractivity contribution in [1.82, 2.24) is 15.2 Å². The Kier molecular flexibility index (Phi) is 7.87. The lowest BCUT2D eigenvalue weighted by molar-refractivity contribution is 0.0386. The number of ether oxygens (including phenoxy) is 1. The standard InChI is InChI=1S/C17H13NO.C7H16N2O/c1-12-7-8-16-15(9-12)14(11-19)10-17(18-16)13-5-3-2-4-6-13;1-8-2-3-9-4-6-10-7-5-9/h2-11H,1H3;8H,2-7H2,1H3. The largest absolute Gasteiger partial charge is 0.379 e. The number of nitrogens with zero attached hydrogens (tertiary/aromatic N) is 2. The maximum absolute atomic E-state index is 11.3. The summed E-state index contributed by atoms with van der Waals surface area (Å²) in [6.45, 7) is 8.26. The molecular formula is C24H29N3O2. The van der Waals surface area contributed by atoms with Gasteiger partial charge in [-0.2, -0.15) is 0 Å². The first-order chi connectivity index (χ1) is 14.2. The molecule has 0 amide bonds. The smallest absolute Gasteiger partial charge is 0.150 e. The Morgan fingerprint density at radius 1 is 1.10 bits per heavy atom. The van der Waals surface area contributed by atoms with Crippen LogP contribution in [0.1, 0.15) is 15.9 Å². The van der Waals surface area contributed by atoms with Crippen molar-refractivity contribution in [2.45, 2.75) is 6.92 Å². The first-order valence-corrected chi connectivity index (χ1v) is 10.1. The highest BCUT2D eigenvalue weighted by atomic mass is 16.5. The number of hydrogen-bond donors (Lipinski definition) is 1. The van der Waals surface area contributed by atoms with Crippen molar-refractivity contribution in [3.63, 3.8) is 0 Å². The number of aromatic nitrogens is 1. The maximum Gasteiger partial charge on any atom is 0.150 e. The van der Waals surface area contributed by atoms with E-state index in [1.54, 1.807) is 0 Å². The summed E-state index contributed by atoms with van der Waals surface area (Å²) in [6.07, 6.45) is 0.899. The predicted octanol–water partition coefficient (Wildman–Crippen LogP) is 3.56. The molecule has 2 heterocycles. The molecule has 5 heteroatoms. The minimum absolute atomic E-state index is 0.688. The van der Waals surface area contributed by atoms with E-state index in [2.05, 4.69) is 15.2 Å². The fourth-order valence-electron chi connectivity index (χ4n) is 3.31.